The Morgan fingerprint density at radius 3 is 3.00 bits per heavy atom. The number of aryl methyl sites for hydroxylation is 1. The lowest BCUT2D eigenvalue weighted by Gasteiger charge is -2.09. The lowest BCUT2D eigenvalue weighted by molar-refractivity contribution is -0.384. The van der Waals surface area contributed by atoms with Gasteiger partial charge in [-0.3, -0.25) is 14.8 Å². The SMILES string of the molecule is CC(CCO)CNc1nn(C)cc1[N+](=O)[O-]. The molecular formula is C9H16N4O3. The second-order valence-corrected chi connectivity index (χ2v) is 3.79. The van der Waals surface area contributed by atoms with Crippen molar-refractivity contribution in [1.29, 1.82) is 0 Å². The molecule has 0 aliphatic heterocycles. The number of nitrogens with zero attached hydrogens (tertiary/aromatic N) is 3. The van der Waals surface area contributed by atoms with Crippen molar-refractivity contribution in [2.24, 2.45) is 13.0 Å². The summed E-state index contributed by atoms with van der Waals surface area (Å²) in [5.41, 5.74) is -0.0290. The van der Waals surface area contributed by atoms with Gasteiger partial charge in [0.05, 0.1) is 4.92 Å². The summed E-state index contributed by atoms with van der Waals surface area (Å²) in [4.78, 5) is 10.2. The maximum absolute atomic E-state index is 10.7. The van der Waals surface area contributed by atoms with E-state index in [0.29, 0.717) is 13.0 Å². The van der Waals surface area contributed by atoms with Gasteiger partial charge in [0.15, 0.2) is 0 Å². The van der Waals surface area contributed by atoms with Crippen molar-refractivity contribution in [3.8, 4) is 0 Å². The molecule has 2 N–H and O–H groups in total. The van der Waals surface area contributed by atoms with Gasteiger partial charge in [0.25, 0.3) is 0 Å². The summed E-state index contributed by atoms with van der Waals surface area (Å²) < 4.78 is 1.40. The van der Waals surface area contributed by atoms with Crippen molar-refractivity contribution >= 4 is 11.5 Å². The fraction of sp³-hybridized carbons (Fsp3) is 0.667. The van der Waals surface area contributed by atoms with E-state index in [1.54, 1.807) is 7.05 Å². The Morgan fingerprint density at radius 2 is 2.44 bits per heavy atom. The Kier molecular flexibility index (Phi) is 4.24. The highest BCUT2D eigenvalue weighted by molar-refractivity contribution is 5.54. The number of hydrogen-bond acceptors (Lipinski definition) is 5. The van der Waals surface area contributed by atoms with Gasteiger partial charge in [-0.1, -0.05) is 6.92 Å². The monoisotopic (exact) mass is 228 g/mol. The predicted molar refractivity (Wildman–Crippen MR) is 59.2 cm³/mol. The quantitative estimate of drug-likeness (QED) is 0.553. The van der Waals surface area contributed by atoms with E-state index in [1.807, 2.05) is 6.92 Å². The van der Waals surface area contributed by atoms with Gasteiger partial charge in [-0.15, -0.1) is 5.10 Å². The zero-order chi connectivity index (χ0) is 12.1. The molecule has 1 rings (SSSR count). The van der Waals surface area contributed by atoms with E-state index in [4.69, 9.17) is 5.11 Å². The third kappa shape index (κ3) is 3.20. The lowest BCUT2D eigenvalue weighted by Crippen LogP contribution is -2.13. The summed E-state index contributed by atoms with van der Waals surface area (Å²) in [7, 11) is 1.63. The van der Waals surface area contributed by atoms with E-state index in [1.165, 1.54) is 10.9 Å². The van der Waals surface area contributed by atoms with Crippen LogP contribution in [-0.2, 0) is 7.05 Å². The first-order valence-corrected chi connectivity index (χ1v) is 5.07. The molecule has 0 spiro atoms. The number of nitro groups is 1. The topological polar surface area (TPSA) is 93.2 Å². The fourth-order valence-corrected chi connectivity index (χ4v) is 1.33. The Labute approximate surface area is 93.2 Å². The summed E-state index contributed by atoms with van der Waals surface area (Å²) in [5, 5.41) is 26.3. The van der Waals surface area contributed by atoms with Crippen LogP contribution in [0.25, 0.3) is 0 Å². The molecular weight excluding hydrogens is 212 g/mol. The zero-order valence-electron chi connectivity index (χ0n) is 9.38. The average Bonchev–Trinajstić information content (AvgIpc) is 2.57. The van der Waals surface area contributed by atoms with Crippen molar-refractivity contribution < 1.29 is 10.0 Å². The van der Waals surface area contributed by atoms with Crippen LogP contribution in [0.2, 0.25) is 0 Å². The minimum atomic E-state index is -0.466. The Balaban J connectivity index is 2.62. The molecule has 90 valence electrons. The largest absolute Gasteiger partial charge is 0.396 e. The molecule has 0 saturated carbocycles. The summed E-state index contributed by atoms with van der Waals surface area (Å²) in [6.45, 7) is 2.63. The van der Waals surface area contributed by atoms with Crippen LogP contribution in [0.5, 0.6) is 0 Å². The highest BCUT2D eigenvalue weighted by atomic mass is 16.6. The molecule has 7 nitrogen and oxygen atoms in total. The van der Waals surface area contributed by atoms with Crippen molar-refractivity contribution in [2.75, 3.05) is 18.5 Å². The van der Waals surface area contributed by atoms with Crippen LogP contribution in [0.3, 0.4) is 0 Å². The van der Waals surface area contributed by atoms with Crippen molar-refractivity contribution in [3.63, 3.8) is 0 Å². The maximum Gasteiger partial charge on any atom is 0.330 e. The lowest BCUT2D eigenvalue weighted by atomic mass is 10.1. The third-order valence-electron chi connectivity index (χ3n) is 2.25. The average molecular weight is 228 g/mol. The van der Waals surface area contributed by atoms with Crippen LogP contribution in [0.4, 0.5) is 11.5 Å². The summed E-state index contributed by atoms with van der Waals surface area (Å²) in [5.74, 6) is 0.518. The zero-order valence-corrected chi connectivity index (χ0v) is 9.38. The van der Waals surface area contributed by atoms with Gasteiger partial charge < -0.3 is 10.4 Å². The van der Waals surface area contributed by atoms with E-state index in [2.05, 4.69) is 10.4 Å². The molecule has 1 atom stereocenters. The molecule has 0 aliphatic rings. The van der Waals surface area contributed by atoms with Gasteiger partial charge >= 0.3 is 5.69 Å². The molecule has 0 aromatic carbocycles. The molecule has 0 saturated heterocycles. The molecule has 1 aromatic rings. The van der Waals surface area contributed by atoms with Crippen LogP contribution < -0.4 is 5.32 Å². The van der Waals surface area contributed by atoms with Crippen molar-refractivity contribution in [3.05, 3.63) is 16.3 Å². The fourth-order valence-electron chi connectivity index (χ4n) is 1.33. The summed E-state index contributed by atoms with van der Waals surface area (Å²) in [6.07, 6.45) is 2.02. The second kappa shape index (κ2) is 5.45. The van der Waals surface area contributed by atoms with E-state index >= 15 is 0 Å². The van der Waals surface area contributed by atoms with E-state index in [-0.39, 0.29) is 24.0 Å². The number of aliphatic hydroxyl groups excluding tert-OH is 1. The molecule has 1 aromatic heterocycles. The normalized spacial score (nSPS) is 12.4. The third-order valence-corrected chi connectivity index (χ3v) is 2.25. The molecule has 0 fully saturated rings. The molecule has 16 heavy (non-hydrogen) atoms. The van der Waals surface area contributed by atoms with Crippen molar-refractivity contribution in [1.82, 2.24) is 9.78 Å². The first kappa shape index (κ1) is 12.4. The molecule has 0 amide bonds. The standard InChI is InChI=1S/C9H16N4O3/c1-7(3-4-14)5-10-9-8(13(15)16)6-12(2)11-9/h6-7,14H,3-5H2,1-2H3,(H,10,11). The molecule has 1 unspecified atom stereocenters. The number of nitrogens with one attached hydrogen (secondary N) is 1. The van der Waals surface area contributed by atoms with Crippen LogP contribution in [0.15, 0.2) is 6.20 Å². The first-order valence-electron chi connectivity index (χ1n) is 5.07. The minimum absolute atomic E-state index is 0.0290. The van der Waals surface area contributed by atoms with Crippen LogP contribution in [0.1, 0.15) is 13.3 Å². The van der Waals surface area contributed by atoms with Gasteiger partial charge in [0.1, 0.15) is 6.20 Å². The first-order chi connectivity index (χ1) is 7.54. The van der Waals surface area contributed by atoms with Crippen LogP contribution >= 0.6 is 0 Å². The molecule has 7 heteroatoms. The molecule has 0 aliphatic carbocycles. The summed E-state index contributed by atoms with van der Waals surface area (Å²) in [6, 6.07) is 0. The Bertz CT molecular complexity index is 364. The van der Waals surface area contributed by atoms with E-state index in [0.717, 1.165) is 0 Å². The highest BCUT2D eigenvalue weighted by Crippen LogP contribution is 2.21. The Hall–Kier alpha value is -1.63. The van der Waals surface area contributed by atoms with Crippen molar-refractivity contribution in [2.45, 2.75) is 13.3 Å². The summed E-state index contributed by atoms with van der Waals surface area (Å²) >= 11 is 0. The predicted octanol–water partition coefficient (Wildman–Crippen LogP) is 0.759. The molecule has 1 heterocycles. The molecule has 0 radical (unpaired) electrons. The second-order valence-electron chi connectivity index (χ2n) is 3.79. The van der Waals surface area contributed by atoms with E-state index in [9.17, 15) is 10.1 Å². The number of aromatic nitrogens is 2. The van der Waals surface area contributed by atoms with E-state index < -0.39 is 4.92 Å². The smallest absolute Gasteiger partial charge is 0.330 e. The van der Waals surface area contributed by atoms with Gasteiger partial charge in [-0.25, -0.2) is 0 Å². The van der Waals surface area contributed by atoms with Gasteiger partial charge in [0.2, 0.25) is 5.82 Å². The van der Waals surface area contributed by atoms with Gasteiger partial charge in [0, 0.05) is 20.2 Å². The van der Waals surface area contributed by atoms with Gasteiger partial charge in [-0.2, -0.15) is 0 Å². The highest BCUT2D eigenvalue weighted by Gasteiger charge is 2.18. The maximum atomic E-state index is 10.7. The van der Waals surface area contributed by atoms with Crippen LogP contribution in [0, 0.1) is 16.0 Å². The number of hydrogen-bond donors (Lipinski definition) is 2. The number of anilines is 1. The molecule has 0 bridgehead atoms. The Morgan fingerprint density at radius 1 is 1.75 bits per heavy atom. The number of rotatable bonds is 6. The van der Waals surface area contributed by atoms with Gasteiger partial charge in [-0.05, 0) is 12.3 Å². The minimum Gasteiger partial charge on any atom is -0.396 e. The van der Waals surface area contributed by atoms with Crippen LogP contribution in [-0.4, -0.2) is 33.0 Å². The number of aliphatic hydroxyl groups is 1.